The van der Waals surface area contributed by atoms with Crippen LogP contribution < -0.4 is 5.73 Å². The molecular formula is C15H11ClN4. The number of aromatic nitrogens is 3. The van der Waals surface area contributed by atoms with Crippen molar-refractivity contribution < 1.29 is 0 Å². The lowest BCUT2D eigenvalue weighted by Crippen LogP contribution is -1.99. The van der Waals surface area contributed by atoms with Gasteiger partial charge in [0.25, 0.3) is 0 Å². The zero-order chi connectivity index (χ0) is 13.9. The number of pyridine rings is 1. The first-order chi connectivity index (χ1) is 9.74. The van der Waals surface area contributed by atoms with E-state index in [0.717, 1.165) is 11.3 Å². The van der Waals surface area contributed by atoms with E-state index >= 15 is 0 Å². The topological polar surface area (TPSA) is 64.7 Å². The molecule has 0 bridgehead atoms. The monoisotopic (exact) mass is 282 g/mol. The Morgan fingerprint density at radius 2 is 1.75 bits per heavy atom. The molecule has 0 unspecified atom stereocenters. The fourth-order valence-electron chi connectivity index (χ4n) is 1.88. The van der Waals surface area contributed by atoms with Crippen molar-refractivity contribution in [2.45, 2.75) is 0 Å². The first-order valence-corrected chi connectivity index (χ1v) is 6.43. The molecule has 0 radical (unpaired) electrons. The second kappa shape index (κ2) is 5.27. The molecule has 0 aliphatic carbocycles. The summed E-state index contributed by atoms with van der Waals surface area (Å²) in [5, 5.41) is 0.497. The highest BCUT2D eigenvalue weighted by atomic mass is 35.5. The third kappa shape index (κ3) is 2.46. The van der Waals surface area contributed by atoms with Crippen LogP contribution in [0.1, 0.15) is 0 Å². The van der Waals surface area contributed by atoms with Crippen molar-refractivity contribution in [2.75, 3.05) is 5.73 Å². The summed E-state index contributed by atoms with van der Waals surface area (Å²) in [6, 6.07) is 15.0. The molecule has 0 saturated heterocycles. The van der Waals surface area contributed by atoms with Crippen molar-refractivity contribution >= 4 is 17.4 Å². The molecule has 3 aromatic rings. The first kappa shape index (κ1) is 12.6. The molecule has 0 aliphatic heterocycles. The predicted octanol–water partition coefficient (Wildman–Crippen LogP) is 3.44. The van der Waals surface area contributed by atoms with E-state index in [9.17, 15) is 0 Å². The summed E-state index contributed by atoms with van der Waals surface area (Å²) in [5.41, 5.74) is 8.10. The molecule has 2 aromatic heterocycles. The molecule has 0 saturated carbocycles. The van der Waals surface area contributed by atoms with Crippen LogP contribution >= 0.6 is 11.6 Å². The molecule has 0 amide bonds. The van der Waals surface area contributed by atoms with Gasteiger partial charge in [-0.25, -0.2) is 9.97 Å². The number of nitrogen functional groups attached to an aromatic ring is 1. The summed E-state index contributed by atoms with van der Waals surface area (Å²) in [4.78, 5) is 12.9. The van der Waals surface area contributed by atoms with Crippen LogP contribution in [0, 0.1) is 0 Å². The molecule has 4 nitrogen and oxygen atoms in total. The van der Waals surface area contributed by atoms with Crippen molar-refractivity contribution in [3.8, 4) is 22.8 Å². The normalized spacial score (nSPS) is 10.4. The number of hydrogen-bond donors (Lipinski definition) is 1. The molecule has 98 valence electrons. The van der Waals surface area contributed by atoms with Crippen molar-refractivity contribution in [3.05, 3.63) is 59.8 Å². The van der Waals surface area contributed by atoms with Crippen LogP contribution in [-0.2, 0) is 0 Å². The summed E-state index contributed by atoms with van der Waals surface area (Å²) in [6.07, 6.45) is 1.65. The van der Waals surface area contributed by atoms with Crippen molar-refractivity contribution in [3.63, 3.8) is 0 Å². The minimum Gasteiger partial charge on any atom is -0.384 e. The number of hydrogen-bond acceptors (Lipinski definition) is 4. The van der Waals surface area contributed by atoms with Crippen molar-refractivity contribution in [1.82, 2.24) is 15.0 Å². The summed E-state index contributed by atoms with van der Waals surface area (Å²) in [6.45, 7) is 0. The lowest BCUT2D eigenvalue weighted by molar-refractivity contribution is 1.15. The molecular weight excluding hydrogens is 272 g/mol. The van der Waals surface area contributed by atoms with E-state index in [1.807, 2.05) is 30.3 Å². The van der Waals surface area contributed by atoms with E-state index in [2.05, 4.69) is 15.0 Å². The quantitative estimate of drug-likeness (QED) is 0.782. The Hall–Kier alpha value is -2.46. The molecule has 2 heterocycles. The molecule has 2 N–H and O–H groups in total. The lowest BCUT2D eigenvalue weighted by Gasteiger charge is -2.06. The number of nitrogens with two attached hydrogens (primary N) is 1. The number of rotatable bonds is 2. The fourth-order valence-corrected chi connectivity index (χ4v) is 2.08. The van der Waals surface area contributed by atoms with E-state index < -0.39 is 0 Å². The molecule has 0 atom stereocenters. The SMILES string of the molecule is Nc1cc(-c2ccccc2)nc(-c2ncccc2Cl)n1. The Balaban J connectivity index is 2.15. The molecule has 3 rings (SSSR count). The van der Waals surface area contributed by atoms with Crippen LogP contribution in [-0.4, -0.2) is 15.0 Å². The summed E-state index contributed by atoms with van der Waals surface area (Å²) >= 11 is 6.13. The molecule has 20 heavy (non-hydrogen) atoms. The second-order valence-electron chi connectivity index (χ2n) is 4.20. The van der Waals surface area contributed by atoms with Crippen LogP contribution in [0.2, 0.25) is 5.02 Å². The number of anilines is 1. The largest absolute Gasteiger partial charge is 0.384 e. The first-order valence-electron chi connectivity index (χ1n) is 6.05. The van der Waals surface area contributed by atoms with Gasteiger partial charge in [0.05, 0.1) is 10.7 Å². The van der Waals surface area contributed by atoms with Crippen molar-refractivity contribution in [1.29, 1.82) is 0 Å². The highest BCUT2D eigenvalue weighted by molar-refractivity contribution is 6.32. The van der Waals surface area contributed by atoms with Crippen LogP contribution in [0.4, 0.5) is 5.82 Å². The number of nitrogens with zero attached hydrogens (tertiary/aromatic N) is 3. The van der Waals surface area contributed by atoms with Crippen LogP contribution in [0.15, 0.2) is 54.7 Å². The maximum atomic E-state index is 6.13. The Morgan fingerprint density at radius 1 is 0.950 bits per heavy atom. The van der Waals surface area contributed by atoms with E-state index in [0.29, 0.717) is 22.4 Å². The van der Waals surface area contributed by atoms with E-state index in [1.54, 1.807) is 24.4 Å². The molecule has 0 aliphatic rings. The van der Waals surface area contributed by atoms with Gasteiger partial charge in [0.2, 0.25) is 0 Å². The average molecular weight is 283 g/mol. The molecule has 1 aromatic carbocycles. The third-order valence-electron chi connectivity index (χ3n) is 2.79. The Kier molecular flexibility index (Phi) is 3.31. The molecule has 0 fully saturated rings. The maximum absolute atomic E-state index is 6.13. The van der Waals surface area contributed by atoms with E-state index in [4.69, 9.17) is 17.3 Å². The van der Waals surface area contributed by atoms with Crippen LogP contribution in [0.25, 0.3) is 22.8 Å². The van der Waals surface area contributed by atoms with E-state index in [-0.39, 0.29) is 0 Å². The van der Waals surface area contributed by atoms with Gasteiger partial charge in [-0.15, -0.1) is 0 Å². The second-order valence-corrected chi connectivity index (χ2v) is 4.61. The summed E-state index contributed by atoms with van der Waals surface area (Å²) < 4.78 is 0. The van der Waals surface area contributed by atoms with Crippen LogP contribution in [0.3, 0.4) is 0 Å². The van der Waals surface area contributed by atoms with Crippen molar-refractivity contribution in [2.24, 2.45) is 0 Å². The molecule has 5 heteroatoms. The summed E-state index contributed by atoms with van der Waals surface area (Å²) in [7, 11) is 0. The zero-order valence-corrected chi connectivity index (χ0v) is 11.2. The number of halogens is 1. The Labute approximate surface area is 121 Å². The smallest absolute Gasteiger partial charge is 0.182 e. The predicted molar refractivity (Wildman–Crippen MR) is 80.1 cm³/mol. The third-order valence-corrected chi connectivity index (χ3v) is 3.09. The maximum Gasteiger partial charge on any atom is 0.182 e. The summed E-state index contributed by atoms with van der Waals surface area (Å²) in [5.74, 6) is 0.810. The van der Waals surface area contributed by atoms with Gasteiger partial charge < -0.3 is 5.73 Å². The minimum absolute atomic E-state index is 0.385. The Morgan fingerprint density at radius 3 is 2.50 bits per heavy atom. The zero-order valence-electron chi connectivity index (χ0n) is 10.5. The molecule has 0 spiro atoms. The highest BCUT2D eigenvalue weighted by Crippen LogP contribution is 2.26. The average Bonchev–Trinajstić information content (AvgIpc) is 2.48. The van der Waals surface area contributed by atoms with Crippen LogP contribution in [0.5, 0.6) is 0 Å². The standard InChI is InChI=1S/C15H11ClN4/c16-11-7-4-8-18-14(11)15-19-12(9-13(17)20-15)10-5-2-1-3-6-10/h1-9H,(H2,17,19,20). The van der Waals surface area contributed by atoms with Gasteiger partial charge in [0, 0.05) is 17.8 Å². The highest BCUT2D eigenvalue weighted by Gasteiger charge is 2.11. The van der Waals surface area contributed by atoms with Gasteiger partial charge in [0.15, 0.2) is 5.82 Å². The van der Waals surface area contributed by atoms with Gasteiger partial charge in [-0.2, -0.15) is 0 Å². The Bertz CT molecular complexity index is 744. The van der Waals surface area contributed by atoms with E-state index in [1.165, 1.54) is 0 Å². The van der Waals surface area contributed by atoms with Gasteiger partial charge in [-0.05, 0) is 12.1 Å². The fraction of sp³-hybridized carbons (Fsp3) is 0. The van der Waals surface area contributed by atoms with Gasteiger partial charge in [-0.3, -0.25) is 4.98 Å². The van der Waals surface area contributed by atoms with Gasteiger partial charge in [-0.1, -0.05) is 41.9 Å². The van der Waals surface area contributed by atoms with Gasteiger partial charge in [0.1, 0.15) is 11.5 Å². The lowest BCUT2D eigenvalue weighted by atomic mass is 10.1. The number of benzene rings is 1. The minimum atomic E-state index is 0.385. The van der Waals surface area contributed by atoms with Gasteiger partial charge >= 0.3 is 0 Å².